The van der Waals surface area contributed by atoms with Gasteiger partial charge >= 0.3 is 0 Å². The van der Waals surface area contributed by atoms with Gasteiger partial charge in [0, 0.05) is 0 Å². The Morgan fingerprint density at radius 1 is 0.385 bits per heavy atom. The maximum atomic E-state index is 13.3. The maximum Gasteiger partial charge on any atom is 0.249 e. The lowest BCUT2D eigenvalue weighted by Crippen LogP contribution is -2.60. The number of rotatable bonds is 71. The molecule has 0 radical (unpaired) electrons. The van der Waals surface area contributed by atoms with E-state index in [-0.39, 0.29) is 12.8 Å². The van der Waals surface area contributed by atoms with E-state index in [1.807, 2.05) is 0 Å². The van der Waals surface area contributed by atoms with Crippen LogP contribution < -0.4 is 5.32 Å². The number of nitrogens with one attached hydrogen (secondary N) is 1. The van der Waals surface area contributed by atoms with Gasteiger partial charge in [-0.15, -0.1) is 0 Å². The van der Waals surface area contributed by atoms with Gasteiger partial charge in [0.2, 0.25) is 5.91 Å². The first kappa shape index (κ1) is 87.3. The van der Waals surface area contributed by atoms with Gasteiger partial charge in [-0.2, -0.15) is 0 Å². The van der Waals surface area contributed by atoms with Crippen LogP contribution in [0, 0.1) is 0 Å². The van der Waals surface area contributed by atoms with Crippen molar-refractivity contribution < 1.29 is 50.0 Å². The summed E-state index contributed by atoms with van der Waals surface area (Å²) in [5.74, 6) is -0.700. The van der Waals surface area contributed by atoms with E-state index in [0.29, 0.717) is 12.8 Å². The molecule has 538 valence electrons. The molecule has 1 aliphatic heterocycles. The largest absolute Gasteiger partial charge is 0.394 e. The molecule has 0 spiro atoms. The Morgan fingerprint density at radius 2 is 0.681 bits per heavy atom. The van der Waals surface area contributed by atoms with Crippen LogP contribution >= 0.6 is 0 Å². The molecule has 1 aliphatic rings. The van der Waals surface area contributed by atoms with Crippen molar-refractivity contribution in [2.45, 2.75) is 454 Å². The average molecular weight is 1290 g/mol. The zero-order valence-corrected chi connectivity index (χ0v) is 59.9. The highest BCUT2D eigenvalue weighted by Gasteiger charge is 2.44. The molecule has 9 unspecified atom stereocenters. The van der Waals surface area contributed by atoms with Gasteiger partial charge in [0.25, 0.3) is 0 Å². The lowest BCUT2D eigenvalue weighted by Gasteiger charge is -2.40. The van der Waals surface area contributed by atoms with E-state index in [1.54, 1.807) is 0 Å². The van der Waals surface area contributed by atoms with E-state index in [1.165, 1.54) is 315 Å². The molecule has 9 atom stereocenters. The quantitative estimate of drug-likeness (QED) is 0.0215. The highest BCUT2D eigenvalue weighted by atomic mass is 16.7. The number of allylic oxidation sites excluding steroid dienone is 6. The van der Waals surface area contributed by atoms with Crippen molar-refractivity contribution in [1.82, 2.24) is 5.32 Å². The smallest absolute Gasteiger partial charge is 0.249 e. The molecule has 91 heavy (non-hydrogen) atoms. The third-order valence-corrected chi connectivity index (χ3v) is 19.4. The monoisotopic (exact) mass is 1290 g/mol. The van der Waals surface area contributed by atoms with Crippen LogP contribution in [0.2, 0.25) is 0 Å². The summed E-state index contributed by atoms with van der Waals surface area (Å²) in [6.45, 7) is 3.51. The summed E-state index contributed by atoms with van der Waals surface area (Å²) in [6, 6.07) is -1.19. The fraction of sp³-hybridized carbons (Fsp3) is 0.912. The van der Waals surface area contributed by atoms with Crippen LogP contribution in [-0.2, 0) is 14.3 Å². The first-order valence-corrected chi connectivity index (χ1v) is 39.9. The van der Waals surface area contributed by atoms with Crippen LogP contribution in [0.4, 0.5) is 0 Å². The minimum Gasteiger partial charge on any atom is -0.394 e. The predicted molar refractivity (Wildman–Crippen MR) is 385 cm³/mol. The van der Waals surface area contributed by atoms with Gasteiger partial charge in [-0.3, -0.25) is 4.79 Å². The summed E-state index contributed by atoms with van der Waals surface area (Å²) in [6.07, 6.45) is 78.4. The zero-order chi connectivity index (χ0) is 66.0. The van der Waals surface area contributed by atoms with E-state index in [2.05, 4.69) is 55.6 Å². The van der Waals surface area contributed by atoms with Gasteiger partial charge in [-0.25, -0.2) is 0 Å². The molecule has 1 fully saturated rings. The highest BCUT2D eigenvalue weighted by molar-refractivity contribution is 5.80. The molecule has 0 bridgehead atoms. The van der Waals surface area contributed by atoms with E-state index < -0.39 is 74.2 Å². The molecule has 0 aromatic heterocycles. The molecule has 1 saturated heterocycles. The summed E-state index contributed by atoms with van der Waals surface area (Å²) in [5, 5.41) is 76.7. The molecule has 1 heterocycles. The van der Waals surface area contributed by atoms with Crippen LogP contribution in [0.5, 0.6) is 0 Å². The van der Waals surface area contributed by atoms with Crippen LogP contribution in [0.25, 0.3) is 0 Å². The fourth-order valence-corrected chi connectivity index (χ4v) is 13.1. The average Bonchev–Trinajstić information content (AvgIpc) is 1.05. The standard InChI is InChI=1S/C80H153NO10/c1-3-5-7-9-11-13-15-17-19-21-23-25-27-29-31-33-34-35-36-37-38-39-40-42-44-46-48-50-52-54-56-58-60-62-64-66-68-73(84)79(89)81-71(70-90-80-78(88)77(87)76(86)74(69-82)91-80)75(85)72(83)67-65-63-61-59-57-55-53-51-49-47-45-43-41-32-30-28-26-24-22-20-18-16-14-12-10-8-6-4-2/h31,33,35-36,59,61,71-78,80,82-88H,3-30,32,34,37-58,60,62-70H2,1-2H3,(H,81,89)/b33-31-,36-35-,61-59+. The zero-order valence-electron chi connectivity index (χ0n) is 59.9. The van der Waals surface area contributed by atoms with E-state index >= 15 is 0 Å². The number of unbranched alkanes of at least 4 members (excludes halogenated alkanes) is 53. The number of carbonyl (C=O) groups is 1. The first-order valence-electron chi connectivity index (χ1n) is 39.9. The highest BCUT2D eigenvalue weighted by Crippen LogP contribution is 2.24. The molecule has 8 N–H and O–H groups in total. The van der Waals surface area contributed by atoms with Crippen LogP contribution in [0.3, 0.4) is 0 Å². The summed E-state index contributed by atoms with van der Waals surface area (Å²) < 4.78 is 11.2. The van der Waals surface area contributed by atoms with Crippen LogP contribution in [0.1, 0.15) is 399 Å². The molecule has 0 saturated carbocycles. The second-order valence-electron chi connectivity index (χ2n) is 28.1. The van der Waals surface area contributed by atoms with Crippen molar-refractivity contribution in [1.29, 1.82) is 0 Å². The van der Waals surface area contributed by atoms with Gasteiger partial charge in [0.1, 0.15) is 36.6 Å². The molecule has 0 aromatic carbocycles. The molecular weight excluding hydrogens is 1130 g/mol. The number of hydrogen-bond acceptors (Lipinski definition) is 10. The molecular formula is C80H153NO10. The summed E-state index contributed by atoms with van der Waals surface area (Å²) in [5.41, 5.74) is 0. The van der Waals surface area contributed by atoms with E-state index in [0.717, 1.165) is 44.9 Å². The molecule has 0 aromatic rings. The summed E-state index contributed by atoms with van der Waals surface area (Å²) in [7, 11) is 0. The second-order valence-corrected chi connectivity index (χ2v) is 28.1. The fourth-order valence-electron chi connectivity index (χ4n) is 13.1. The number of carbonyl (C=O) groups excluding carboxylic acids is 1. The summed E-state index contributed by atoms with van der Waals surface area (Å²) >= 11 is 0. The number of aliphatic hydroxyl groups is 7. The van der Waals surface area contributed by atoms with Crippen molar-refractivity contribution in [3.05, 3.63) is 36.5 Å². The minimum absolute atomic E-state index is 0.256. The maximum absolute atomic E-state index is 13.3. The molecule has 0 aliphatic carbocycles. The number of ether oxygens (including phenoxy) is 2. The minimum atomic E-state index is -1.67. The van der Waals surface area contributed by atoms with Crippen LogP contribution in [0.15, 0.2) is 36.5 Å². The van der Waals surface area contributed by atoms with Gasteiger partial charge in [0.15, 0.2) is 6.29 Å². The summed E-state index contributed by atoms with van der Waals surface area (Å²) in [4.78, 5) is 13.3. The Morgan fingerprint density at radius 3 is 1.01 bits per heavy atom. The second kappa shape index (κ2) is 68.3. The van der Waals surface area contributed by atoms with Crippen molar-refractivity contribution in [2.24, 2.45) is 0 Å². The van der Waals surface area contributed by atoms with Gasteiger partial charge in [-0.1, -0.05) is 365 Å². The van der Waals surface area contributed by atoms with Gasteiger partial charge < -0.3 is 50.5 Å². The molecule has 1 rings (SSSR count). The predicted octanol–water partition coefficient (Wildman–Crippen LogP) is 20.5. The molecule has 11 heteroatoms. The van der Waals surface area contributed by atoms with Crippen molar-refractivity contribution in [3.8, 4) is 0 Å². The van der Waals surface area contributed by atoms with Gasteiger partial charge in [0.05, 0.1) is 25.4 Å². The van der Waals surface area contributed by atoms with E-state index in [4.69, 9.17) is 9.47 Å². The normalized spacial score (nSPS) is 18.5. The third kappa shape index (κ3) is 55.1. The Balaban J connectivity index is 2.14. The lowest BCUT2D eigenvalue weighted by atomic mass is 9.98. The number of amides is 1. The van der Waals surface area contributed by atoms with Crippen molar-refractivity contribution >= 4 is 5.91 Å². The Labute approximate surface area is 562 Å². The Kier molecular flexibility index (Phi) is 65.5. The number of aliphatic hydroxyl groups excluding tert-OH is 7. The topological polar surface area (TPSA) is 189 Å². The third-order valence-electron chi connectivity index (χ3n) is 19.4. The van der Waals surface area contributed by atoms with Crippen molar-refractivity contribution in [3.63, 3.8) is 0 Å². The molecule has 1 amide bonds. The van der Waals surface area contributed by atoms with Crippen LogP contribution in [-0.4, -0.2) is 110 Å². The van der Waals surface area contributed by atoms with Gasteiger partial charge in [-0.05, 0) is 70.6 Å². The SMILES string of the molecule is CCCCCCCCCCCCCCC/C=C\C/C=C\CCCCCCCCCCCCCCCCCCC(O)C(=O)NC(COC1OC(CO)C(O)C(O)C1O)C(O)C(O)CCC/C=C/CCCCCCCCCCCCCCCCCCCCCCCCC. The Bertz CT molecular complexity index is 1580. The van der Waals surface area contributed by atoms with E-state index in [9.17, 15) is 40.5 Å². The molecule has 11 nitrogen and oxygen atoms in total. The first-order chi connectivity index (χ1) is 44.7. The Hall–Kier alpha value is -1.67. The van der Waals surface area contributed by atoms with Crippen molar-refractivity contribution in [2.75, 3.05) is 13.2 Å². The number of hydrogen-bond donors (Lipinski definition) is 8. The lowest BCUT2D eigenvalue weighted by molar-refractivity contribution is -0.303.